The van der Waals surface area contributed by atoms with Gasteiger partial charge in [0.1, 0.15) is 0 Å². The van der Waals surface area contributed by atoms with Crippen LogP contribution in [0.3, 0.4) is 0 Å². The van der Waals surface area contributed by atoms with Gasteiger partial charge >= 0.3 is 0 Å². The van der Waals surface area contributed by atoms with Gasteiger partial charge in [0.2, 0.25) is 0 Å². The monoisotopic (exact) mass is 490 g/mol. The molecule has 180 valence electrons. The number of aromatic amines is 1. The van der Waals surface area contributed by atoms with E-state index in [4.69, 9.17) is 26.1 Å². The molecule has 1 atom stereocenters. The van der Waals surface area contributed by atoms with Crippen molar-refractivity contribution in [1.82, 2.24) is 15.0 Å². The van der Waals surface area contributed by atoms with E-state index in [0.29, 0.717) is 40.7 Å². The molecule has 1 aromatic carbocycles. The van der Waals surface area contributed by atoms with Gasteiger partial charge in [-0.25, -0.2) is 4.98 Å². The van der Waals surface area contributed by atoms with Gasteiger partial charge in [-0.15, -0.1) is 0 Å². The Hall–Kier alpha value is -3.42. The molecular weight excluding hydrogens is 464 g/mol. The summed E-state index contributed by atoms with van der Waals surface area (Å²) < 4.78 is 11.3. The number of hydrogen-bond acceptors (Lipinski definition) is 6. The van der Waals surface area contributed by atoms with Crippen LogP contribution in [0.25, 0.3) is 22.3 Å². The van der Waals surface area contributed by atoms with E-state index in [1.165, 1.54) is 0 Å². The zero-order valence-electron chi connectivity index (χ0n) is 19.9. The molecule has 3 aromatic heterocycles. The molecule has 35 heavy (non-hydrogen) atoms. The van der Waals surface area contributed by atoms with Crippen molar-refractivity contribution in [2.75, 3.05) is 19.0 Å². The van der Waals surface area contributed by atoms with Crippen molar-refractivity contribution in [3.05, 3.63) is 64.6 Å². The van der Waals surface area contributed by atoms with Gasteiger partial charge < -0.3 is 19.8 Å². The number of fused-ring (bicyclic) bond motifs is 2. The Morgan fingerprint density at radius 2 is 2.06 bits per heavy atom. The van der Waals surface area contributed by atoms with Gasteiger partial charge in [-0.1, -0.05) is 17.7 Å². The fraction of sp³-hybridized carbons (Fsp3) is 0.296. The van der Waals surface area contributed by atoms with E-state index in [-0.39, 0.29) is 11.9 Å². The highest BCUT2D eigenvalue weighted by atomic mass is 35.5. The average Bonchev–Trinajstić information content (AvgIpc) is 3.23. The Balaban J connectivity index is 1.72. The molecule has 0 bridgehead atoms. The second-order valence-corrected chi connectivity index (χ2v) is 8.92. The lowest BCUT2D eigenvalue weighted by atomic mass is 9.94. The van der Waals surface area contributed by atoms with E-state index in [1.54, 1.807) is 19.4 Å². The van der Waals surface area contributed by atoms with Crippen LogP contribution in [0.2, 0.25) is 5.02 Å². The average molecular weight is 491 g/mol. The van der Waals surface area contributed by atoms with E-state index in [2.05, 4.69) is 15.3 Å². The maximum Gasteiger partial charge on any atom is 0.166 e. The molecule has 8 heteroatoms. The summed E-state index contributed by atoms with van der Waals surface area (Å²) in [5.74, 6) is 0.623. The molecule has 0 saturated carbocycles. The molecule has 2 N–H and O–H groups in total. The van der Waals surface area contributed by atoms with Crippen LogP contribution in [0, 0.1) is 0 Å². The molecule has 5 rings (SSSR count). The number of methoxy groups -OCH3 is 1. The minimum Gasteiger partial charge on any atom is -0.493 e. The molecule has 7 nitrogen and oxygen atoms in total. The maximum absolute atomic E-state index is 13.1. The number of ether oxygens (including phenoxy) is 2. The lowest BCUT2D eigenvalue weighted by Crippen LogP contribution is -2.11. The number of H-pyrrole nitrogens is 1. The highest BCUT2D eigenvalue weighted by Crippen LogP contribution is 2.43. The smallest absolute Gasteiger partial charge is 0.166 e. The SMILES string of the molecule is CCO[C@@H](C)c1ccc2nccc(-c3[nH]c4c(c3Nc3cccc(Cl)c3OC)C(=O)CCC4)c2n1. The van der Waals surface area contributed by atoms with E-state index in [0.717, 1.165) is 46.5 Å². The Bertz CT molecular complexity index is 1420. The molecule has 1 aliphatic rings. The summed E-state index contributed by atoms with van der Waals surface area (Å²) in [4.78, 5) is 26.1. The summed E-state index contributed by atoms with van der Waals surface area (Å²) in [5.41, 5.74) is 6.94. The van der Waals surface area contributed by atoms with E-state index in [9.17, 15) is 4.79 Å². The Labute approximate surface area is 208 Å². The zero-order valence-corrected chi connectivity index (χ0v) is 20.7. The number of para-hydroxylation sites is 1. The van der Waals surface area contributed by atoms with E-state index < -0.39 is 0 Å². The van der Waals surface area contributed by atoms with Crippen LogP contribution < -0.4 is 10.1 Å². The summed E-state index contributed by atoms with van der Waals surface area (Å²) in [6, 6.07) is 11.3. The maximum atomic E-state index is 13.1. The molecule has 0 unspecified atom stereocenters. The first-order valence-corrected chi connectivity index (χ1v) is 12.1. The summed E-state index contributed by atoms with van der Waals surface area (Å²) >= 11 is 6.38. The van der Waals surface area contributed by atoms with Gasteiger partial charge in [0.05, 0.1) is 57.6 Å². The lowest BCUT2D eigenvalue weighted by molar-refractivity contribution is 0.0736. The number of ketones is 1. The predicted molar refractivity (Wildman–Crippen MR) is 138 cm³/mol. The van der Waals surface area contributed by atoms with Gasteiger partial charge in [0, 0.05) is 30.5 Å². The number of nitrogens with one attached hydrogen (secondary N) is 2. The van der Waals surface area contributed by atoms with Crippen LogP contribution in [0.15, 0.2) is 42.6 Å². The first-order valence-electron chi connectivity index (χ1n) is 11.8. The van der Waals surface area contributed by atoms with Gasteiger partial charge in [0.15, 0.2) is 11.5 Å². The molecule has 0 radical (unpaired) electrons. The molecule has 0 aliphatic heterocycles. The number of carbonyl (C=O) groups is 1. The van der Waals surface area contributed by atoms with Crippen molar-refractivity contribution < 1.29 is 14.3 Å². The van der Waals surface area contributed by atoms with Crippen molar-refractivity contribution in [3.63, 3.8) is 0 Å². The van der Waals surface area contributed by atoms with Gasteiger partial charge in [0.25, 0.3) is 0 Å². The van der Waals surface area contributed by atoms with Crippen LogP contribution in [-0.4, -0.2) is 34.5 Å². The standard InChI is InChI=1S/C27H27ClN4O3/c1-4-35-15(2)18-11-12-20-24(30-18)16(13-14-29-20)25-26(23-19(31-25)8-6-10-22(23)33)32-21-9-5-7-17(28)27(21)34-3/h5,7,9,11-15,31-32H,4,6,8,10H2,1-3H3/t15-/m0/s1. The number of hydrogen-bond donors (Lipinski definition) is 2. The third-order valence-corrected chi connectivity index (χ3v) is 6.62. The van der Waals surface area contributed by atoms with Crippen LogP contribution >= 0.6 is 11.6 Å². The number of rotatable bonds is 7. The number of halogens is 1. The third-order valence-electron chi connectivity index (χ3n) is 6.33. The van der Waals surface area contributed by atoms with Gasteiger partial charge in [-0.2, -0.15) is 0 Å². The molecule has 0 fully saturated rings. The number of pyridine rings is 2. The zero-order chi connectivity index (χ0) is 24.5. The number of benzene rings is 1. The van der Waals surface area contributed by atoms with Crippen LogP contribution in [0.4, 0.5) is 11.4 Å². The topological polar surface area (TPSA) is 89.1 Å². The number of aryl methyl sites for hydroxylation is 1. The summed E-state index contributed by atoms with van der Waals surface area (Å²) in [6.45, 7) is 4.55. The molecule has 4 aromatic rings. The highest BCUT2D eigenvalue weighted by molar-refractivity contribution is 6.32. The van der Waals surface area contributed by atoms with Crippen molar-refractivity contribution in [2.24, 2.45) is 0 Å². The Kier molecular flexibility index (Phi) is 6.45. The van der Waals surface area contributed by atoms with Crippen LogP contribution in [0.5, 0.6) is 5.75 Å². The first kappa shape index (κ1) is 23.3. The van der Waals surface area contributed by atoms with Gasteiger partial charge in [-0.3, -0.25) is 9.78 Å². The largest absolute Gasteiger partial charge is 0.493 e. The van der Waals surface area contributed by atoms with Crippen molar-refractivity contribution in [1.29, 1.82) is 0 Å². The van der Waals surface area contributed by atoms with Crippen LogP contribution in [-0.2, 0) is 11.2 Å². The van der Waals surface area contributed by atoms with Gasteiger partial charge in [-0.05, 0) is 57.0 Å². The fourth-order valence-corrected chi connectivity index (χ4v) is 4.93. The lowest BCUT2D eigenvalue weighted by Gasteiger charge is -2.17. The van der Waals surface area contributed by atoms with E-state index >= 15 is 0 Å². The number of carbonyl (C=O) groups excluding carboxylic acids is 1. The molecule has 0 saturated heterocycles. The van der Waals surface area contributed by atoms with E-state index in [1.807, 2.05) is 44.2 Å². The quantitative estimate of drug-likeness (QED) is 0.301. The minimum absolute atomic E-state index is 0.106. The van der Waals surface area contributed by atoms with Crippen molar-refractivity contribution in [3.8, 4) is 17.0 Å². The molecular formula is C27H27ClN4O3. The molecule has 3 heterocycles. The summed E-state index contributed by atoms with van der Waals surface area (Å²) in [6.07, 6.45) is 3.74. The predicted octanol–water partition coefficient (Wildman–Crippen LogP) is 6.65. The minimum atomic E-state index is -0.149. The van der Waals surface area contributed by atoms with Crippen molar-refractivity contribution >= 4 is 39.8 Å². The highest BCUT2D eigenvalue weighted by Gasteiger charge is 2.28. The number of Topliss-reactive ketones (excluding diaryl/α,β-unsaturated/α-hetero) is 1. The molecule has 0 spiro atoms. The first-order chi connectivity index (χ1) is 17.0. The van der Waals surface area contributed by atoms with Crippen molar-refractivity contribution in [2.45, 2.75) is 39.2 Å². The third kappa shape index (κ3) is 4.26. The molecule has 1 aliphatic carbocycles. The second kappa shape index (κ2) is 9.68. The van der Waals surface area contributed by atoms with Crippen LogP contribution in [0.1, 0.15) is 54.5 Å². The number of anilines is 2. The Morgan fingerprint density at radius 3 is 2.86 bits per heavy atom. The Morgan fingerprint density at radius 1 is 1.20 bits per heavy atom. The fourth-order valence-electron chi connectivity index (χ4n) is 4.68. The normalized spacial score (nSPS) is 14.1. The second-order valence-electron chi connectivity index (χ2n) is 8.51. The number of aromatic nitrogens is 3. The molecule has 0 amide bonds. The number of nitrogens with zero attached hydrogens (tertiary/aromatic N) is 2. The summed E-state index contributed by atoms with van der Waals surface area (Å²) in [5, 5.41) is 3.94. The summed E-state index contributed by atoms with van der Waals surface area (Å²) in [7, 11) is 1.58.